The predicted molar refractivity (Wildman–Crippen MR) is 70.0 cm³/mol. The van der Waals surface area contributed by atoms with E-state index in [-0.39, 0.29) is 22.4 Å². The molecule has 5 heteroatoms. The van der Waals surface area contributed by atoms with Crippen molar-refractivity contribution in [3.8, 4) is 16.9 Å². The molecular weight excluding hydrogens is 266 g/mol. The lowest BCUT2D eigenvalue weighted by atomic mass is 9.99. The average molecular weight is 278 g/mol. The van der Waals surface area contributed by atoms with Crippen molar-refractivity contribution in [2.24, 2.45) is 0 Å². The van der Waals surface area contributed by atoms with E-state index in [2.05, 4.69) is 0 Å². The summed E-state index contributed by atoms with van der Waals surface area (Å²) in [5.41, 5.74) is 0.501. The molecule has 0 spiro atoms. The first-order valence-corrected chi connectivity index (χ1v) is 5.80. The second-order valence-corrected chi connectivity index (χ2v) is 4.36. The SMILES string of the molecule is COc1cc(F)c(-c2cc(C)cc(C(=O)O)c2)c(F)c1. The van der Waals surface area contributed by atoms with Crippen molar-refractivity contribution in [2.45, 2.75) is 6.92 Å². The van der Waals surface area contributed by atoms with Gasteiger partial charge in [-0.15, -0.1) is 0 Å². The van der Waals surface area contributed by atoms with E-state index in [0.717, 1.165) is 12.1 Å². The lowest BCUT2D eigenvalue weighted by molar-refractivity contribution is 0.0697. The van der Waals surface area contributed by atoms with Gasteiger partial charge in [0.2, 0.25) is 0 Å². The van der Waals surface area contributed by atoms with Gasteiger partial charge in [0, 0.05) is 12.1 Å². The second-order valence-electron chi connectivity index (χ2n) is 4.36. The summed E-state index contributed by atoms with van der Waals surface area (Å²) in [5.74, 6) is -2.69. The molecule has 0 bridgehead atoms. The Bertz CT molecular complexity index is 658. The van der Waals surface area contributed by atoms with E-state index in [1.165, 1.54) is 25.3 Å². The third-order valence-corrected chi connectivity index (χ3v) is 2.86. The highest BCUT2D eigenvalue weighted by molar-refractivity contribution is 5.90. The van der Waals surface area contributed by atoms with Crippen LogP contribution in [0.3, 0.4) is 0 Å². The number of benzene rings is 2. The van der Waals surface area contributed by atoms with E-state index >= 15 is 0 Å². The maximum atomic E-state index is 14.0. The van der Waals surface area contributed by atoms with Crippen LogP contribution in [-0.4, -0.2) is 18.2 Å². The van der Waals surface area contributed by atoms with E-state index in [1.54, 1.807) is 6.92 Å². The average Bonchev–Trinajstić information content (AvgIpc) is 2.37. The quantitative estimate of drug-likeness (QED) is 0.932. The van der Waals surface area contributed by atoms with Gasteiger partial charge in [-0.3, -0.25) is 0 Å². The van der Waals surface area contributed by atoms with E-state index < -0.39 is 17.6 Å². The number of carbonyl (C=O) groups is 1. The van der Waals surface area contributed by atoms with Crippen LogP contribution in [0.25, 0.3) is 11.1 Å². The number of carboxylic acids is 1. The highest BCUT2D eigenvalue weighted by Gasteiger charge is 2.16. The Kier molecular flexibility index (Phi) is 3.70. The standard InChI is InChI=1S/C15H12F2O3/c1-8-3-9(5-10(4-8)15(18)19)14-12(16)6-11(20-2)7-13(14)17/h3-7H,1-2H3,(H,18,19). The number of methoxy groups -OCH3 is 1. The van der Waals surface area contributed by atoms with Crippen LogP contribution >= 0.6 is 0 Å². The van der Waals surface area contributed by atoms with Gasteiger partial charge in [0.1, 0.15) is 17.4 Å². The number of rotatable bonds is 3. The summed E-state index contributed by atoms with van der Waals surface area (Å²) in [5, 5.41) is 8.99. The van der Waals surface area contributed by atoms with Crippen LogP contribution in [0.1, 0.15) is 15.9 Å². The number of carboxylic acid groups (broad SMARTS) is 1. The fourth-order valence-corrected chi connectivity index (χ4v) is 1.99. The number of aryl methyl sites for hydroxylation is 1. The third kappa shape index (κ3) is 2.61. The summed E-state index contributed by atoms with van der Waals surface area (Å²) in [6.07, 6.45) is 0. The maximum absolute atomic E-state index is 14.0. The first-order valence-electron chi connectivity index (χ1n) is 5.80. The molecule has 104 valence electrons. The highest BCUT2D eigenvalue weighted by Crippen LogP contribution is 2.31. The molecule has 0 aliphatic carbocycles. The van der Waals surface area contributed by atoms with E-state index in [0.29, 0.717) is 5.56 Å². The Hall–Kier alpha value is -2.43. The van der Waals surface area contributed by atoms with Crippen LogP contribution in [-0.2, 0) is 0 Å². The molecule has 0 radical (unpaired) electrons. The van der Waals surface area contributed by atoms with Crippen molar-refractivity contribution in [2.75, 3.05) is 7.11 Å². The largest absolute Gasteiger partial charge is 0.497 e. The lowest BCUT2D eigenvalue weighted by Crippen LogP contribution is -1.99. The third-order valence-electron chi connectivity index (χ3n) is 2.86. The van der Waals surface area contributed by atoms with Crippen LogP contribution in [0.15, 0.2) is 30.3 Å². The van der Waals surface area contributed by atoms with Crippen LogP contribution in [0.2, 0.25) is 0 Å². The summed E-state index contributed by atoms with van der Waals surface area (Å²) < 4.78 is 32.7. The van der Waals surface area contributed by atoms with Crippen LogP contribution in [0, 0.1) is 18.6 Å². The molecule has 0 heterocycles. The molecular formula is C15H12F2O3. The van der Waals surface area contributed by atoms with Gasteiger partial charge < -0.3 is 9.84 Å². The summed E-state index contributed by atoms with van der Waals surface area (Å²) in [7, 11) is 1.31. The van der Waals surface area contributed by atoms with Crippen molar-refractivity contribution < 1.29 is 23.4 Å². The molecule has 2 aromatic carbocycles. The Labute approximate surface area is 114 Å². The van der Waals surface area contributed by atoms with Gasteiger partial charge in [0.15, 0.2) is 0 Å². The minimum Gasteiger partial charge on any atom is -0.497 e. The zero-order valence-corrected chi connectivity index (χ0v) is 10.9. The number of aromatic carboxylic acids is 1. The zero-order chi connectivity index (χ0) is 14.9. The Balaban J connectivity index is 2.65. The summed E-state index contributed by atoms with van der Waals surface area (Å²) >= 11 is 0. The molecule has 0 aliphatic heterocycles. The van der Waals surface area contributed by atoms with Crippen LogP contribution < -0.4 is 4.74 Å². The van der Waals surface area contributed by atoms with Gasteiger partial charge in [0.05, 0.1) is 18.2 Å². The van der Waals surface area contributed by atoms with Crippen LogP contribution in [0.4, 0.5) is 8.78 Å². The van der Waals surface area contributed by atoms with Crippen LogP contribution in [0.5, 0.6) is 5.75 Å². The van der Waals surface area contributed by atoms with Crippen molar-refractivity contribution >= 4 is 5.97 Å². The molecule has 0 saturated heterocycles. The van der Waals surface area contributed by atoms with Crippen molar-refractivity contribution in [3.63, 3.8) is 0 Å². The zero-order valence-electron chi connectivity index (χ0n) is 10.9. The Morgan fingerprint density at radius 3 is 2.20 bits per heavy atom. The van der Waals surface area contributed by atoms with Gasteiger partial charge >= 0.3 is 5.97 Å². The van der Waals surface area contributed by atoms with Gasteiger partial charge in [-0.1, -0.05) is 6.07 Å². The van der Waals surface area contributed by atoms with Gasteiger partial charge in [0.25, 0.3) is 0 Å². The minimum absolute atomic E-state index is 0.0189. The molecule has 1 N–H and O–H groups in total. The lowest BCUT2D eigenvalue weighted by Gasteiger charge is -2.09. The summed E-state index contributed by atoms with van der Waals surface area (Å²) in [4.78, 5) is 11.0. The molecule has 0 unspecified atom stereocenters. The summed E-state index contributed by atoms with van der Waals surface area (Å²) in [6.45, 7) is 1.66. The van der Waals surface area contributed by atoms with Gasteiger partial charge in [-0.2, -0.15) is 0 Å². The Morgan fingerprint density at radius 1 is 1.10 bits per heavy atom. The molecule has 0 aromatic heterocycles. The number of hydrogen-bond acceptors (Lipinski definition) is 2. The molecule has 2 rings (SSSR count). The van der Waals surface area contributed by atoms with E-state index in [9.17, 15) is 13.6 Å². The molecule has 2 aromatic rings. The first kappa shape index (κ1) is 14.0. The maximum Gasteiger partial charge on any atom is 0.335 e. The smallest absolute Gasteiger partial charge is 0.335 e. The highest BCUT2D eigenvalue weighted by atomic mass is 19.1. The molecule has 3 nitrogen and oxygen atoms in total. The number of ether oxygens (including phenoxy) is 1. The normalized spacial score (nSPS) is 10.4. The monoisotopic (exact) mass is 278 g/mol. The second kappa shape index (κ2) is 5.28. The molecule has 0 atom stereocenters. The molecule has 20 heavy (non-hydrogen) atoms. The fourth-order valence-electron chi connectivity index (χ4n) is 1.99. The fraction of sp³-hybridized carbons (Fsp3) is 0.133. The van der Waals surface area contributed by atoms with Gasteiger partial charge in [-0.25, -0.2) is 13.6 Å². The summed E-state index contributed by atoms with van der Waals surface area (Å²) in [6, 6.07) is 6.32. The van der Waals surface area contributed by atoms with Crippen molar-refractivity contribution in [1.82, 2.24) is 0 Å². The van der Waals surface area contributed by atoms with Crippen molar-refractivity contribution in [1.29, 1.82) is 0 Å². The number of halogens is 2. The topological polar surface area (TPSA) is 46.5 Å². The minimum atomic E-state index is -1.15. The molecule has 0 aliphatic rings. The Morgan fingerprint density at radius 2 is 1.70 bits per heavy atom. The first-order chi connectivity index (χ1) is 9.42. The predicted octanol–water partition coefficient (Wildman–Crippen LogP) is 3.65. The number of hydrogen-bond donors (Lipinski definition) is 1. The van der Waals surface area contributed by atoms with Gasteiger partial charge in [-0.05, 0) is 30.2 Å². The van der Waals surface area contributed by atoms with E-state index in [4.69, 9.17) is 9.84 Å². The van der Waals surface area contributed by atoms with E-state index in [1.807, 2.05) is 0 Å². The molecule has 0 amide bonds. The van der Waals surface area contributed by atoms with Crippen molar-refractivity contribution in [3.05, 3.63) is 53.1 Å². The molecule has 0 fully saturated rings. The molecule has 0 saturated carbocycles.